The van der Waals surface area contributed by atoms with E-state index >= 15 is 0 Å². The van der Waals surface area contributed by atoms with Crippen molar-refractivity contribution in [3.63, 3.8) is 0 Å². The molecule has 3 N–H and O–H groups in total. The predicted octanol–water partition coefficient (Wildman–Crippen LogP) is 3.72. The van der Waals surface area contributed by atoms with Crippen LogP contribution >= 0.6 is 11.6 Å². The summed E-state index contributed by atoms with van der Waals surface area (Å²) in [5.41, 5.74) is 6.97. The largest absolute Gasteiger partial charge is 0.492 e. The average Bonchev–Trinajstić information content (AvgIpc) is 2.45. The fourth-order valence-electron chi connectivity index (χ4n) is 1.82. The Hall–Kier alpha value is -2.20. The van der Waals surface area contributed by atoms with Crippen molar-refractivity contribution in [2.24, 2.45) is 0 Å². The number of ether oxygens (including phenoxy) is 1. The number of para-hydroxylation sites is 1. The van der Waals surface area contributed by atoms with Crippen LogP contribution < -0.4 is 15.8 Å². The Morgan fingerprint density at radius 1 is 1.19 bits per heavy atom. The monoisotopic (exact) mass is 304 g/mol. The maximum absolute atomic E-state index is 11.8. The average molecular weight is 305 g/mol. The number of carbonyl (C=O) groups excluding carboxylic acids is 1. The predicted molar refractivity (Wildman–Crippen MR) is 85.7 cm³/mol. The normalized spacial score (nSPS) is 10.1. The third-order valence-electron chi connectivity index (χ3n) is 2.81. The number of halogens is 1. The summed E-state index contributed by atoms with van der Waals surface area (Å²) in [5, 5.41) is 3.36. The van der Waals surface area contributed by atoms with Gasteiger partial charge in [-0.2, -0.15) is 0 Å². The molecule has 0 bridgehead atoms. The van der Waals surface area contributed by atoms with Gasteiger partial charge in [0.2, 0.25) is 5.91 Å². The van der Waals surface area contributed by atoms with Gasteiger partial charge >= 0.3 is 0 Å². The highest BCUT2D eigenvalue weighted by molar-refractivity contribution is 6.32. The molecule has 0 heterocycles. The Labute approximate surface area is 128 Å². The molecule has 0 radical (unpaired) electrons. The summed E-state index contributed by atoms with van der Waals surface area (Å²) in [6.07, 6.45) is 0.985. The van der Waals surface area contributed by atoms with Crippen molar-refractivity contribution in [2.75, 3.05) is 17.7 Å². The van der Waals surface area contributed by atoms with E-state index in [1.54, 1.807) is 36.4 Å². The van der Waals surface area contributed by atoms with Crippen LogP contribution in [-0.4, -0.2) is 12.5 Å². The van der Waals surface area contributed by atoms with Gasteiger partial charge in [-0.15, -0.1) is 0 Å². The van der Waals surface area contributed by atoms with Gasteiger partial charge in [0, 0.05) is 17.8 Å². The lowest BCUT2D eigenvalue weighted by atomic mass is 10.2. The topological polar surface area (TPSA) is 64.3 Å². The molecular formula is C16H17ClN2O2. The summed E-state index contributed by atoms with van der Waals surface area (Å²) in [4.78, 5) is 11.8. The Balaban J connectivity index is 1.71. The molecule has 0 aliphatic heterocycles. The minimum Gasteiger partial charge on any atom is -0.492 e. The molecule has 0 unspecified atom stereocenters. The lowest BCUT2D eigenvalue weighted by Crippen LogP contribution is -2.13. The molecule has 21 heavy (non-hydrogen) atoms. The van der Waals surface area contributed by atoms with Crippen LogP contribution in [0.15, 0.2) is 48.5 Å². The van der Waals surface area contributed by atoms with Gasteiger partial charge in [0.1, 0.15) is 5.75 Å². The van der Waals surface area contributed by atoms with Crippen molar-refractivity contribution in [1.29, 1.82) is 0 Å². The van der Waals surface area contributed by atoms with Crippen LogP contribution in [0.25, 0.3) is 0 Å². The lowest BCUT2D eigenvalue weighted by molar-refractivity contribution is -0.116. The Morgan fingerprint density at radius 2 is 2.00 bits per heavy atom. The fourth-order valence-corrected chi connectivity index (χ4v) is 2.01. The van der Waals surface area contributed by atoms with Gasteiger partial charge in [0.25, 0.3) is 0 Å². The zero-order valence-electron chi connectivity index (χ0n) is 11.5. The van der Waals surface area contributed by atoms with Gasteiger partial charge in [-0.25, -0.2) is 0 Å². The van der Waals surface area contributed by atoms with Crippen molar-refractivity contribution in [3.8, 4) is 5.75 Å². The van der Waals surface area contributed by atoms with E-state index in [-0.39, 0.29) is 5.91 Å². The molecule has 0 aliphatic carbocycles. The first kappa shape index (κ1) is 15.2. The zero-order chi connectivity index (χ0) is 15.1. The summed E-state index contributed by atoms with van der Waals surface area (Å²) in [6, 6.07) is 14.4. The van der Waals surface area contributed by atoms with E-state index in [0.29, 0.717) is 41.6 Å². The van der Waals surface area contributed by atoms with E-state index in [1.165, 1.54) is 0 Å². The summed E-state index contributed by atoms with van der Waals surface area (Å²) >= 11 is 5.97. The summed E-state index contributed by atoms with van der Waals surface area (Å²) in [5.74, 6) is 0.568. The maximum Gasteiger partial charge on any atom is 0.224 e. The summed E-state index contributed by atoms with van der Waals surface area (Å²) in [7, 11) is 0. The van der Waals surface area contributed by atoms with E-state index in [1.807, 2.05) is 12.1 Å². The fraction of sp³-hybridized carbons (Fsp3) is 0.188. The number of carbonyl (C=O) groups is 1. The van der Waals surface area contributed by atoms with Crippen LogP contribution in [0.4, 0.5) is 11.4 Å². The maximum atomic E-state index is 11.8. The SMILES string of the molecule is Nc1cccc(NC(=O)CCCOc2ccccc2Cl)c1. The van der Waals surface area contributed by atoms with E-state index in [0.717, 1.165) is 0 Å². The highest BCUT2D eigenvalue weighted by atomic mass is 35.5. The smallest absolute Gasteiger partial charge is 0.224 e. The number of benzene rings is 2. The quantitative estimate of drug-likeness (QED) is 0.631. The number of hydrogen-bond acceptors (Lipinski definition) is 3. The second-order valence-electron chi connectivity index (χ2n) is 4.56. The number of hydrogen-bond donors (Lipinski definition) is 2. The molecular weight excluding hydrogens is 288 g/mol. The minimum atomic E-state index is -0.0663. The highest BCUT2D eigenvalue weighted by Crippen LogP contribution is 2.23. The number of anilines is 2. The minimum absolute atomic E-state index is 0.0663. The van der Waals surface area contributed by atoms with Crippen molar-refractivity contribution in [1.82, 2.24) is 0 Å². The first-order chi connectivity index (χ1) is 10.1. The van der Waals surface area contributed by atoms with E-state index < -0.39 is 0 Å². The van der Waals surface area contributed by atoms with Gasteiger partial charge in [0.15, 0.2) is 0 Å². The molecule has 1 amide bonds. The van der Waals surface area contributed by atoms with E-state index in [9.17, 15) is 4.79 Å². The Bertz CT molecular complexity index is 617. The van der Waals surface area contributed by atoms with Crippen LogP contribution in [0.3, 0.4) is 0 Å². The number of amides is 1. The third-order valence-corrected chi connectivity index (χ3v) is 3.13. The summed E-state index contributed by atoms with van der Waals surface area (Å²) < 4.78 is 5.52. The number of nitrogens with one attached hydrogen (secondary N) is 1. The molecule has 110 valence electrons. The van der Waals surface area contributed by atoms with Crippen LogP contribution in [0.5, 0.6) is 5.75 Å². The van der Waals surface area contributed by atoms with E-state index in [2.05, 4.69) is 5.32 Å². The lowest BCUT2D eigenvalue weighted by Gasteiger charge is -2.08. The van der Waals surface area contributed by atoms with Gasteiger partial charge < -0.3 is 15.8 Å². The molecule has 2 rings (SSSR count). The van der Waals surface area contributed by atoms with Crippen LogP contribution in [-0.2, 0) is 4.79 Å². The second-order valence-corrected chi connectivity index (χ2v) is 4.96. The third kappa shape index (κ3) is 5.00. The molecule has 0 aromatic heterocycles. The molecule has 0 saturated heterocycles. The van der Waals surface area contributed by atoms with Gasteiger partial charge in [-0.1, -0.05) is 29.8 Å². The highest BCUT2D eigenvalue weighted by Gasteiger charge is 2.04. The molecule has 0 spiro atoms. The van der Waals surface area contributed by atoms with Gasteiger partial charge in [-0.3, -0.25) is 4.79 Å². The molecule has 5 heteroatoms. The molecule has 0 atom stereocenters. The molecule has 0 saturated carbocycles. The van der Waals surface area contributed by atoms with Crippen molar-refractivity contribution >= 4 is 28.9 Å². The van der Waals surface area contributed by atoms with Crippen molar-refractivity contribution in [3.05, 3.63) is 53.6 Å². The van der Waals surface area contributed by atoms with Crippen LogP contribution in [0, 0.1) is 0 Å². The zero-order valence-corrected chi connectivity index (χ0v) is 12.3. The molecule has 0 aliphatic rings. The van der Waals surface area contributed by atoms with Crippen molar-refractivity contribution in [2.45, 2.75) is 12.8 Å². The molecule has 2 aromatic rings. The molecule has 2 aromatic carbocycles. The second kappa shape index (κ2) is 7.55. The number of nitrogen functional groups attached to an aromatic ring is 1. The van der Waals surface area contributed by atoms with Gasteiger partial charge in [0.05, 0.1) is 11.6 Å². The van der Waals surface area contributed by atoms with Crippen LogP contribution in [0.2, 0.25) is 5.02 Å². The van der Waals surface area contributed by atoms with Crippen molar-refractivity contribution < 1.29 is 9.53 Å². The first-order valence-corrected chi connectivity index (χ1v) is 7.05. The van der Waals surface area contributed by atoms with Crippen LogP contribution in [0.1, 0.15) is 12.8 Å². The van der Waals surface area contributed by atoms with E-state index in [4.69, 9.17) is 22.1 Å². The molecule has 0 fully saturated rings. The molecule has 4 nitrogen and oxygen atoms in total. The standard InChI is InChI=1S/C16H17ClN2O2/c17-14-7-1-2-8-15(14)21-10-4-9-16(20)19-13-6-3-5-12(18)11-13/h1-3,5-8,11H,4,9-10,18H2,(H,19,20). The number of rotatable bonds is 6. The summed E-state index contributed by atoms with van der Waals surface area (Å²) in [6.45, 7) is 0.439. The Morgan fingerprint density at radius 3 is 2.76 bits per heavy atom. The number of nitrogens with two attached hydrogens (primary N) is 1. The van der Waals surface area contributed by atoms with Gasteiger partial charge in [-0.05, 0) is 36.8 Å². The Kier molecular flexibility index (Phi) is 5.46. The first-order valence-electron chi connectivity index (χ1n) is 6.68.